The minimum atomic E-state index is -0.479. The van der Waals surface area contributed by atoms with Crippen LogP contribution in [0.25, 0.3) is 0 Å². The Morgan fingerprint density at radius 1 is 1.59 bits per heavy atom. The van der Waals surface area contributed by atoms with Gasteiger partial charge in [-0.1, -0.05) is 0 Å². The molecule has 6 heteroatoms. The number of pyridine rings is 1. The molecule has 0 saturated heterocycles. The van der Waals surface area contributed by atoms with Gasteiger partial charge in [0.15, 0.2) is 0 Å². The van der Waals surface area contributed by atoms with Crippen LogP contribution >= 0.6 is 0 Å². The summed E-state index contributed by atoms with van der Waals surface area (Å²) in [5.74, 6) is -0.0233. The van der Waals surface area contributed by atoms with Crippen molar-refractivity contribution in [3.8, 4) is 0 Å². The van der Waals surface area contributed by atoms with Crippen molar-refractivity contribution in [2.45, 2.75) is 13.0 Å². The fraction of sp³-hybridized carbons (Fsp3) is 0.455. The van der Waals surface area contributed by atoms with E-state index in [0.717, 1.165) is 0 Å². The van der Waals surface area contributed by atoms with Crippen molar-refractivity contribution >= 4 is 17.5 Å². The maximum absolute atomic E-state index is 11.4. The molecule has 0 aromatic carbocycles. The maximum Gasteiger partial charge on any atom is 0.340 e. The molecule has 94 valence electrons. The quantitative estimate of drug-likeness (QED) is 0.742. The lowest BCUT2D eigenvalue weighted by Gasteiger charge is -2.15. The number of nitrogens with one attached hydrogen (secondary N) is 1. The number of ether oxygens (including phenoxy) is 2. The average molecular weight is 239 g/mol. The second-order valence-electron chi connectivity index (χ2n) is 3.61. The molecule has 1 atom stereocenters. The van der Waals surface area contributed by atoms with Crippen LogP contribution in [0.15, 0.2) is 12.3 Å². The number of rotatable bonds is 5. The van der Waals surface area contributed by atoms with Crippen LogP contribution in [0.5, 0.6) is 0 Å². The Hall–Kier alpha value is -1.82. The number of nitrogens with two attached hydrogens (primary N) is 1. The molecule has 17 heavy (non-hydrogen) atoms. The molecule has 1 aromatic rings. The molecular formula is C11H17N3O3. The number of nitrogen functional groups attached to an aromatic ring is 1. The Balaban J connectivity index is 2.90. The predicted molar refractivity (Wildman–Crippen MR) is 64.9 cm³/mol. The van der Waals surface area contributed by atoms with Crippen molar-refractivity contribution in [1.82, 2.24) is 4.98 Å². The number of esters is 1. The van der Waals surface area contributed by atoms with Gasteiger partial charge in [0.1, 0.15) is 5.82 Å². The Morgan fingerprint density at radius 3 is 2.88 bits per heavy atom. The first-order valence-electron chi connectivity index (χ1n) is 5.18. The molecule has 1 unspecified atom stereocenters. The highest BCUT2D eigenvalue weighted by Crippen LogP contribution is 2.21. The van der Waals surface area contributed by atoms with Crippen LogP contribution in [0.2, 0.25) is 0 Å². The Bertz CT molecular complexity index is 396. The van der Waals surface area contributed by atoms with E-state index in [1.165, 1.54) is 19.4 Å². The summed E-state index contributed by atoms with van der Waals surface area (Å²) in [5, 5.41) is 3.06. The number of aromatic nitrogens is 1. The zero-order valence-corrected chi connectivity index (χ0v) is 10.2. The van der Waals surface area contributed by atoms with Crippen molar-refractivity contribution in [2.24, 2.45) is 0 Å². The third kappa shape index (κ3) is 3.32. The third-order valence-corrected chi connectivity index (χ3v) is 2.20. The molecule has 0 fully saturated rings. The molecule has 3 N–H and O–H groups in total. The van der Waals surface area contributed by atoms with Gasteiger partial charge in [-0.15, -0.1) is 0 Å². The number of hydrogen-bond acceptors (Lipinski definition) is 6. The molecule has 0 aliphatic carbocycles. The van der Waals surface area contributed by atoms with Gasteiger partial charge in [-0.05, 0) is 13.0 Å². The molecule has 0 saturated carbocycles. The lowest BCUT2D eigenvalue weighted by molar-refractivity contribution is 0.0602. The summed E-state index contributed by atoms with van der Waals surface area (Å²) in [5.41, 5.74) is 6.42. The second-order valence-corrected chi connectivity index (χ2v) is 3.61. The Kier molecular flexibility index (Phi) is 4.71. The van der Waals surface area contributed by atoms with E-state index in [0.29, 0.717) is 18.0 Å². The molecule has 0 bridgehead atoms. The highest BCUT2D eigenvalue weighted by Gasteiger charge is 2.14. The number of carbonyl (C=O) groups excluding carboxylic acids is 1. The molecule has 0 spiro atoms. The molecular weight excluding hydrogens is 222 g/mol. The minimum Gasteiger partial charge on any atom is -0.465 e. The SMILES string of the molecule is COCC(C)Nc1nccc(C(=O)OC)c1N. The lowest BCUT2D eigenvalue weighted by Crippen LogP contribution is -2.23. The van der Waals surface area contributed by atoms with Gasteiger partial charge >= 0.3 is 5.97 Å². The van der Waals surface area contributed by atoms with Crippen LogP contribution in [-0.4, -0.2) is 37.8 Å². The molecule has 0 amide bonds. The van der Waals surface area contributed by atoms with E-state index in [-0.39, 0.29) is 11.7 Å². The first-order chi connectivity index (χ1) is 8.10. The monoisotopic (exact) mass is 239 g/mol. The number of hydrogen-bond donors (Lipinski definition) is 2. The summed E-state index contributed by atoms with van der Waals surface area (Å²) in [7, 11) is 2.92. The first-order valence-corrected chi connectivity index (χ1v) is 5.18. The molecule has 1 heterocycles. The van der Waals surface area contributed by atoms with Crippen molar-refractivity contribution in [1.29, 1.82) is 0 Å². The molecule has 0 radical (unpaired) electrons. The Labute approximate surface area is 100 Å². The fourth-order valence-electron chi connectivity index (χ4n) is 1.40. The van der Waals surface area contributed by atoms with Gasteiger partial charge in [0.05, 0.1) is 25.0 Å². The topological polar surface area (TPSA) is 86.5 Å². The summed E-state index contributed by atoms with van der Waals surface area (Å²) < 4.78 is 9.62. The van der Waals surface area contributed by atoms with Gasteiger partial charge in [0.25, 0.3) is 0 Å². The highest BCUT2D eigenvalue weighted by molar-refractivity contribution is 5.97. The van der Waals surface area contributed by atoms with Gasteiger partial charge in [0, 0.05) is 19.3 Å². The van der Waals surface area contributed by atoms with E-state index in [2.05, 4.69) is 15.0 Å². The summed E-state index contributed by atoms with van der Waals surface area (Å²) in [6.07, 6.45) is 1.50. The smallest absolute Gasteiger partial charge is 0.340 e. The zero-order valence-electron chi connectivity index (χ0n) is 10.2. The van der Waals surface area contributed by atoms with Crippen molar-refractivity contribution in [2.75, 3.05) is 31.9 Å². The van der Waals surface area contributed by atoms with Crippen LogP contribution in [0.4, 0.5) is 11.5 Å². The lowest BCUT2D eigenvalue weighted by atomic mass is 10.2. The zero-order chi connectivity index (χ0) is 12.8. The molecule has 1 rings (SSSR count). The number of nitrogens with zero attached hydrogens (tertiary/aromatic N) is 1. The van der Waals surface area contributed by atoms with Crippen molar-refractivity contribution in [3.63, 3.8) is 0 Å². The standard InChI is InChI=1S/C11H17N3O3/c1-7(6-16-2)14-10-9(12)8(4-5-13-10)11(15)17-3/h4-5,7H,6,12H2,1-3H3,(H,13,14). The van der Waals surface area contributed by atoms with E-state index < -0.39 is 5.97 Å². The number of carbonyl (C=O) groups is 1. The van der Waals surface area contributed by atoms with Crippen LogP contribution in [0.1, 0.15) is 17.3 Å². The van der Waals surface area contributed by atoms with Gasteiger partial charge < -0.3 is 20.5 Å². The van der Waals surface area contributed by atoms with Crippen molar-refractivity contribution < 1.29 is 14.3 Å². The fourth-order valence-corrected chi connectivity index (χ4v) is 1.40. The summed E-state index contributed by atoms with van der Waals surface area (Å²) in [4.78, 5) is 15.5. The second kappa shape index (κ2) is 6.05. The highest BCUT2D eigenvalue weighted by atomic mass is 16.5. The van der Waals surface area contributed by atoms with Gasteiger partial charge in [-0.25, -0.2) is 9.78 Å². The van der Waals surface area contributed by atoms with E-state index >= 15 is 0 Å². The normalized spacial score (nSPS) is 11.9. The summed E-state index contributed by atoms with van der Waals surface area (Å²) >= 11 is 0. The van der Waals surface area contributed by atoms with Gasteiger partial charge in [-0.2, -0.15) is 0 Å². The van der Waals surface area contributed by atoms with E-state index in [9.17, 15) is 4.79 Å². The van der Waals surface area contributed by atoms with Crippen LogP contribution in [0.3, 0.4) is 0 Å². The third-order valence-electron chi connectivity index (χ3n) is 2.20. The van der Waals surface area contributed by atoms with Crippen LogP contribution in [0, 0.1) is 0 Å². The molecule has 0 aliphatic heterocycles. The Morgan fingerprint density at radius 2 is 2.29 bits per heavy atom. The summed E-state index contributed by atoms with van der Waals surface area (Å²) in [6.45, 7) is 2.44. The average Bonchev–Trinajstić information content (AvgIpc) is 2.31. The van der Waals surface area contributed by atoms with Gasteiger partial charge in [-0.3, -0.25) is 0 Å². The summed E-state index contributed by atoms with van der Waals surface area (Å²) in [6, 6.07) is 1.57. The van der Waals surface area contributed by atoms with Crippen LogP contribution < -0.4 is 11.1 Å². The first kappa shape index (κ1) is 13.2. The number of methoxy groups -OCH3 is 2. The number of anilines is 2. The predicted octanol–water partition coefficient (Wildman–Crippen LogP) is 0.897. The molecule has 1 aromatic heterocycles. The van der Waals surface area contributed by atoms with Gasteiger partial charge in [0.2, 0.25) is 0 Å². The van der Waals surface area contributed by atoms with E-state index in [1.807, 2.05) is 6.92 Å². The molecule has 6 nitrogen and oxygen atoms in total. The van der Waals surface area contributed by atoms with E-state index in [4.69, 9.17) is 10.5 Å². The molecule has 0 aliphatic rings. The van der Waals surface area contributed by atoms with Crippen LogP contribution in [-0.2, 0) is 9.47 Å². The maximum atomic E-state index is 11.4. The largest absolute Gasteiger partial charge is 0.465 e. The van der Waals surface area contributed by atoms with Crippen molar-refractivity contribution in [3.05, 3.63) is 17.8 Å². The van der Waals surface area contributed by atoms with E-state index in [1.54, 1.807) is 7.11 Å². The minimum absolute atomic E-state index is 0.0442.